The van der Waals surface area contributed by atoms with Crippen molar-refractivity contribution in [2.75, 3.05) is 14.7 Å². The highest BCUT2D eigenvalue weighted by molar-refractivity contribution is 7.34. The molecular formula is C67H62BN3S2. The van der Waals surface area contributed by atoms with Crippen LogP contribution in [0.5, 0.6) is 0 Å². The van der Waals surface area contributed by atoms with Gasteiger partial charge in [-0.05, 0) is 166 Å². The summed E-state index contributed by atoms with van der Waals surface area (Å²) in [5, 5.41) is 3.99. The van der Waals surface area contributed by atoms with E-state index in [1.165, 1.54) is 121 Å². The Labute approximate surface area is 439 Å². The molecule has 0 radical (unpaired) electrons. The molecule has 10 aromatic rings. The number of thiophene rings is 2. The number of hydrogen-bond donors (Lipinski definition) is 0. The molecule has 0 amide bonds. The Morgan fingerprint density at radius 3 is 1.63 bits per heavy atom. The van der Waals surface area contributed by atoms with Gasteiger partial charge in [0, 0.05) is 64.5 Å². The third kappa shape index (κ3) is 6.68. The summed E-state index contributed by atoms with van der Waals surface area (Å²) in [6.07, 6.45) is 4.67. The fourth-order valence-electron chi connectivity index (χ4n) is 13.4. The molecule has 2 aromatic heterocycles. The molecular weight excluding hydrogens is 922 g/mol. The van der Waals surface area contributed by atoms with Gasteiger partial charge in [0.15, 0.2) is 0 Å². The third-order valence-corrected chi connectivity index (χ3v) is 20.2. The van der Waals surface area contributed by atoms with Crippen LogP contribution in [0, 0.1) is 6.92 Å². The Bertz CT molecular complexity index is 3860. The monoisotopic (exact) mass is 983 g/mol. The fourth-order valence-corrected chi connectivity index (χ4v) is 16.0. The van der Waals surface area contributed by atoms with Gasteiger partial charge in [0.25, 0.3) is 6.71 Å². The zero-order valence-electron chi connectivity index (χ0n) is 43.7. The molecule has 3 nitrogen and oxygen atoms in total. The van der Waals surface area contributed by atoms with E-state index in [4.69, 9.17) is 0 Å². The molecule has 0 N–H and O–H groups in total. The number of para-hydroxylation sites is 2. The Kier molecular flexibility index (Phi) is 9.70. The van der Waals surface area contributed by atoms with Crippen LogP contribution in [0.2, 0.25) is 0 Å². The lowest BCUT2D eigenvalue weighted by Gasteiger charge is -2.47. The van der Waals surface area contributed by atoms with E-state index in [1.807, 2.05) is 11.3 Å². The summed E-state index contributed by atoms with van der Waals surface area (Å²) in [6.45, 7) is 22.1. The maximum absolute atomic E-state index is 2.75. The van der Waals surface area contributed by atoms with Gasteiger partial charge in [-0.15, -0.1) is 22.7 Å². The highest BCUT2D eigenvalue weighted by Crippen LogP contribution is 2.56. The van der Waals surface area contributed by atoms with Crippen LogP contribution in [0.4, 0.5) is 51.2 Å². The smallest absolute Gasteiger partial charge is 0.264 e. The SMILES string of the molecule is Cc1ccc(N2c3cc4c(cc3B3c5sc6cc7c(cc6c5N(c5cccc6c5sc5ccccc56)c5cc(N(c6ccccc6)c6ccccc6)cc2c53)C(C)(C)CCC7(C)C)C(C)(C)CCC4(C)C)cc1. The van der Waals surface area contributed by atoms with Gasteiger partial charge in [0.1, 0.15) is 0 Å². The van der Waals surface area contributed by atoms with Crippen LogP contribution in [0.1, 0.15) is 109 Å². The van der Waals surface area contributed by atoms with Crippen molar-refractivity contribution in [2.24, 2.45) is 0 Å². The van der Waals surface area contributed by atoms with E-state index in [2.05, 4.69) is 252 Å². The van der Waals surface area contributed by atoms with Crippen molar-refractivity contribution in [1.82, 2.24) is 0 Å². The number of rotatable bonds is 5. The standard InChI is InChI=1S/C67H62BN3S2/c1-41-27-29-44(30-28-41)70-55-39-51-50(65(4,5)32-33-66(51,6)7)38-53(55)68-60-56(70)35-45(69(42-19-12-10-13-20-42)43-21-14-11-15-22-43)36-57(60)71(54-25-18-24-47-46-23-16-17-26-58(46)72-62(47)54)61-48-37-49-52(40-59(48)73-63(61)68)67(8,9)34-31-64(49,2)3/h10-30,35-40H,31-34H2,1-9H3. The quantitative estimate of drug-likeness (QED) is 0.159. The van der Waals surface area contributed by atoms with Crippen LogP contribution in [-0.4, -0.2) is 6.71 Å². The predicted octanol–water partition coefficient (Wildman–Crippen LogP) is 17.8. The maximum atomic E-state index is 2.75. The van der Waals surface area contributed by atoms with Crippen molar-refractivity contribution in [1.29, 1.82) is 0 Å². The third-order valence-electron chi connectivity index (χ3n) is 17.8. The first kappa shape index (κ1) is 45.1. The largest absolute Gasteiger partial charge is 0.311 e. The van der Waals surface area contributed by atoms with E-state index in [0.29, 0.717) is 0 Å². The number of anilines is 9. The second-order valence-electron chi connectivity index (χ2n) is 24.3. The van der Waals surface area contributed by atoms with Gasteiger partial charge in [0.2, 0.25) is 0 Å². The number of fused-ring (bicyclic) bond motifs is 11. The van der Waals surface area contributed by atoms with Crippen LogP contribution in [0.15, 0.2) is 164 Å². The molecule has 6 heteroatoms. The minimum Gasteiger partial charge on any atom is -0.311 e. The number of hydrogen-bond acceptors (Lipinski definition) is 5. The predicted molar refractivity (Wildman–Crippen MR) is 319 cm³/mol. The summed E-state index contributed by atoms with van der Waals surface area (Å²) in [4.78, 5) is 7.88. The van der Waals surface area contributed by atoms with Crippen molar-refractivity contribution in [3.8, 4) is 0 Å². The molecule has 0 saturated carbocycles. The van der Waals surface area contributed by atoms with Gasteiger partial charge in [-0.2, -0.15) is 0 Å². The Balaban J connectivity index is 1.18. The molecule has 0 atom stereocenters. The molecule has 4 heterocycles. The highest BCUT2D eigenvalue weighted by Gasteiger charge is 2.49. The second kappa shape index (κ2) is 15.7. The van der Waals surface area contributed by atoms with Crippen LogP contribution >= 0.6 is 22.7 Å². The van der Waals surface area contributed by atoms with E-state index < -0.39 is 0 Å². The van der Waals surface area contributed by atoms with Gasteiger partial charge < -0.3 is 14.7 Å². The van der Waals surface area contributed by atoms with Crippen molar-refractivity contribution >= 4 is 127 Å². The molecule has 0 fully saturated rings. The van der Waals surface area contributed by atoms with E-state index in [1.54, 1.807) is 0 Å². The number of aryl methyl sites for hydroxylation is 1. The number of benzene rings is 8. The lowest BCUT2D eigenvalue weighted by molar-refractivity contribution is 0.332. The number of nitrogens with zero attached hydrogens (tertiary/aromatic N) is 3. The van der Waals surface area contributed by atoms with Gasteiger partial charge in [-0.3, -0.25) is 0 Å². The van der Waals surface area contributed by atoms with Crippen molar-refractivity contribution in [2.45, 2.75) is 110 Å². The summed E-state index contributed by atoms with van der Waals surface area (Å²) >= 11 is 3.99. The summed E-state index contributed by atoms with van der Waals surface area (Å²) in [7, 11) is 0. The molecule has 0 saturated heterocycles. The van der Waals surface area contributed by atoms with Crippen molar-refractivity contribution in [3.05, 3.63) is 192 Å². The summed E-state index contributed by atoms with van der Waals surface area (Å²) in [5.74, 6) is 0. The maximum Gasteiger partial charge on any atom is 0.264 e. The zero-order chi connectivity index (χ0) is 49.9. The van der Waals surface area contributed by atoms with Gasteiger partial charge >= 0.3 is 0 Å². The fraction of sp³-hybridized carbons (Fsp3) is 0.254. The normalized spacial score (nSPS) is 17.5. The first-order valence-corrected chi connectivity index (χ1v) is 28.2. The average molecular weight is 984 g/mol. The van der Waals surface area contributed by atoms with Crippen molar-refractivity contribution in [3.63, 3.8) is 0 Å². The lowest BCUT2D eigenvalue weighted by atomic mass is 9.35. The molecule has 0 unspecified atom stereocenters. The molecule has 73 heavy (non-hydrogen) atoms. The highest BCUT2D eigenvalue weighted by atomic mass is 32.1. The van der Waals surface area contributed by atoms with E-state index in [0.717, 1.165) is 29.9 Å². The Morgan fingerprint density at radius 1 is 0.438 bits per heavy atom. The molecule has 0 spiro atoms. The first-order valence-electron chi connectivity index (χ1n) is 26.5. The van der Waals surface area contributed by atoms with Crippen LogP contribution in [0.25, 0.3) is 30.3 Å². The molecule has 2 aliphatic carbocycles. The summed E-state index contributed by atoms with van der Waals surface area (Å²) in [6, 6.07) is 63.1. The molecule has 14 rings (SSSR count). The Morgan fingerprint density at radius 2 is 0.986 bits per heavy atom. The molecule has 8 aromatic carbocycles. The van der Waals surface area contributed by atoms with E-state index >= 15 is 0 Å². The topological polar surface area (TPSA) is 9.72 Å². The average Bonchev–Trinajstić information content (AvgIpc) is 3.97. The van der Waals surface area contributed by atoms with E-state index in [9.17, 15) is 0 Å². The van der Waals surface area contributed by atoms with Gasteiger partial charge in [0.05, 0.1) is 21.8 Å². The second-order valence-corrected chi connectivity index (χ2v) is 26.4. The minimum absolute atomic E-state index is 0.00732. The Hall–Kier alpha value is -6.60. The van der Waals surface area contributed by atoms with Crippen LogP contribution in [-0.2, 0) is 21.7 Å². The zero-order valence-corrected chi connectivity index (χ0v) is 45.3. The van der Waals surface area contributed by atoms with Gasteiger partial charge in [-0.1, -0.05) is 146 Å². The lowest BCUT2D eigenvalue weighted by Crippen LogP contribution is -2.61. The van der Waals surface area contributed by atoms with E-state index in [-0.39, 0.29) is 28.4 Å². The van der Waals surface area contributed by atoms with Gasteiger partial charge in [-0.25, -0.2) is 0 Å². The summed E-state index contributed by atoms with van der Waals surface area (Å²) < 4.78 is 5.46. The molecule has 4 aliphatic rings. The molecule has 2 aliphatic heterocycles. The molecule has 0 bridgehead atoms. The van der Waals surface area contributed by atoms with Crippen LogP contribution in [0.3, 0.4) is 0 Å². The minimum atomic E-state index is -0.00732. The first-order chi connectivity index (χ1) is 35.1. The van der Waals surface area contributed by atoms with Crippen molar-refractivity contribution < 1.29 is 0 Å². The molecule has 360 valence electrons. The summed E-state index contributed by atoms with van der Waals surface area (Å²) in [5.41, 5.74) is 21.1. The van der Waals surface area contributed by atoms with Crippen LogP contribution < -0.4 is 30.4 Å².